The first-order chi connectivity index (χ1) is 14.8. The lowest BCUT2D eigenvalue weighted by molar-refractivity contribution is -0.142. The summed E-state index contributed by atoms with van der Waals surface area (Å²) in [6, 6.07) is -1.86. The second-order valence-corrected chi connectivity index (χ2v) is 8.55. The molecule has 0 aliphatic heterocycles. The standard InChI is InChI=1S/C23H40N4O4/c1-4-5-6-7-8-9-10-11-12-13-20(28)27-21(17(2)3)22(29)26-19(23(30)31)14-18-15-24-16-25-18/h15-17,19,21H,4-14H2,1-3H3,(H,24,25)(H,26,29)(H,27,28)(H,30,31)/t19-,21-/m0/s1. The maximum absolute atomic E-state index is 12.7. The van der Waals surface area contributed by atoms with Gasteiger partial charge < -0.3 is 20.7 Å². The molecule has 0 aliphatic rings. The zero-order valence-electron chi connectivity index (χ0n) is 19.3. The summed E-state index contributed by atoms with van der Waals surface area (Å²) in [5, 5.41) is 14.8. The third-order valence-electron chi connectivity index (χ3n) is 5.37. The summed E-state index contributed by atoms with van der Waals surface area (Å²) >= 11 is 0. The van der Waals surface area contributed by atoms with Gasteiger partial charge in [-0.2, -0.15) is 0 Å². The van der Waals surface area contributed by atoms with Gasteiger partial charge in [-0.15, -0.1) is 0 Å². The van der Waals surface area contributed by atoms with Crippen LogP contribution < -0.4 is 10.6 Å². The van der Waals surface area contributed by atoms with Gasteiger partial charge in [-0.3, -0.25) is 9.59 Å². The van der Waals surface area contributed by atoms with E-state index in [-0.39, 0.29) is 18.2 Å². The number of unbranched alkanes of at least 4 members (excludes halogenated alkanes) is 8. The fraction of sp³-hybridized carbons (Fsp3) is 0.739. The van der Waals surface area contributed by atoms with Crippen LogP contribution in [0.3, 0.4) is 0 Å². The normalized spacial score (nSPS) is 13.0. The number of imidazole rings is 1. The van der Waals surface area contributed by atoms with Crippen molar-refractivity contribution in [3.05, 3.63) is 18.2 Å². The summed E-state index contributed by atoms with van der Waals surface area (Å²) in [5.41, 5.74) is 0.614. The van der Waals surface area contributed by atoms with Gasteiger partial charge in [0.25, 0.3) is 0 Å². The fourth-order valence-corrected chi connectivity index (χ4v) is 3.45. The van der Waals surface area contributed by atoms with Crippen molar-refractivity contribution in [3.8, 4) is 0 Å². The van der Waals surface area contributed by atoms with Crippen molar-refractivity contribution in [1.29, 1.82) is 0 Å². The number of nitrogens with zero attached hydrogens (tertiary/aromatic N) is 1. The number of rotatable bonds is 17. The molecular formula is C23H40N4O4. The number of H-pyrrole nitrogens is 1. The Hall–Kier alpha value is -2.38. The molecule has 0 saturated heterocycles. The van der Waals surface area contributed by atoms with Gasteiger partial charge in [-0.05, 0) is 12.3 Å². The Labute approximate surface area is 186 Å². The lowest BCUT2D eigenvalue weighted by atomic mass is 10.0. The van der Waals surface area contributed by atoms with Crippen LogP contribution >= 0.6 is 0 Å². The molecule has 1 rings (SSSR count). The van der Waals surface area contributed by atoms with E-state index in [1.54, 1.807) is 0 Å². The van der Waals surface area contributed by atoms with Gasteiger partial charge in [0.15, 0.2) is 0 Å². The van der Waals surface area contributed by atoms with Gasteiger partial charge in [0.2, 0.25) is 11.8 Å². The lowest BCUT2D eigenvalue weighted by Gasteiger charge is -2.24. The van der Waals surface area contributed by atoms with Crippen LogP contribution in [0.15, 0.2) is 12.5 Å². The summed E-state index contributed by atoms with van der Waals surface area (Å²) in [6.07, 6.45) is 14.0. The molecule has 31 heavy (non-hydrogen) atoms. The summed E-state index contributed by atoms with van der Waals surface area (Å²) in [4.78, 5) is 43.2. The van der Waals surface area contributed by atoms with Gasteiger partial charge in [0, 0.05) is 24.7 Å². The Morgan fingerprint density at radius 3 is 2.13 bits per heavy atom. The van der Waals surface area contributed by atoms with Crippen LogP contribution in [-0.2, 0) is 20.8 Å². The molecule has 0 aliphatic carbocycles. The Morgan fingerprint density at radius 1 is 1.00 bits per heavy atom. The second-order valence-electron chi connectivity index (χ2n) is 8.55. The molecule has 0 radical (unpaired) electrons. The molecule has 0 aromatic carbocycles. The van der Waals surface area contributed by atoms with Crippen LogP contribution in [0.2, 0.25) is 0 Å². The highest BCUT2D eigenvalue weighted by Gasteiger charge is 2.28. The van der Waals surface area contributed by atoms with Gasteiger partial charge in [0.05, 0.1) is 6.33 Å². The van der Waals surface area contributed by atoms with Crippen LogP contribution in [0.1, 0.15) is 90.7 Å². The number of nitrogens with one attached hydrogen (secondary N) is 3. The Bertz CT molecular complexity index is 646. The molecule has 1 aromatic heterocycles. The van der Waals surface area contributed by atoms with E-state index in [1.165, 1.54) is 51.0 Å². The number of hydrogen-bond donors (Lipinski definition) is 4. The molecule has 8 heteroatoms. The van der Waals surface area contributed by atoms with Crippen molar-refractivity contribution >= 4 is 17.8 Å². The number of carboxylic acids is 1. The number of carboxylic acid groups (broad SMARTS) is 1. The van der Waals surface area contributed by atoms with E-state index in [1.807, 2.05) is 13.8 Å². The van der Waals surface area contributed by atoms with Gasteiger partial charge in [-0.1, -0.05) is 72.1 Å². The van der Waals surface area contributed by atoms with Gasteiger partial charge >= 0.3 is 5.97 Å². The number of amides is 2. The summed E-state index contributed by atoms with van der Waals surface area (Å²) < 4.78 is 0. The van der Waals surface area contributed by atoms with Crippen molar-refractivity contribution < 1.29 is 19.5 Å². The minimum absolute atomic E-state index is 0.0955. The van der Waals surface area contributed by atoms with E-state index < -0.39 is 24.0 Å². The van der Waals surface area contributed by atoms with Crippen molar-refractivity contribution in [2.24, 2.45) is 5.92 Å². The molecule has 0 saturated carbocycles. The fourth-order valence-electron chi connectivity index (χ4n) is 3.45. The van der Waals surface area contributed by atoms with Crippen molar-refractivity contribution in [2.75, 3.05) is 0 Å². The van der Waals surface area contributed by atoms with E-state index >= 15 is 0 Å². The topological polar surface area (TPSA) is 124 Å². The Morgan fingerprint density at radius 2 is 1.61 bits per heavy atom. The molecule has 4 N–H and O–H groups in total. The molecule has 176 valence electrons. The van der Waals surface area contributed by atoms with Crippen LogP contribution in [0.4, 0.5) is 0 Å². The van der Waals surface area contributed by atoms with Crippen LogP contribution in [0.25, 0.3) is 0 Å². The van der Waals surface area contributed by atoms with Crippen LogP contribution in [0, 0.1) is 5.92 Å². The maximum atomic E-state index is 12.7. The number of aromatic nitrogens is 2. The monoisotopic (exact) mass is 436 g/mol. The van der Waals surface area contributed by atoms with Crippen molar-refractivity contribution in [1.82, 2.24) is 20.6 Å². The molecule has 2 amide bonds. The first kappa shape index (κ1) is 26.7. The Kier molecular flexibility index (Phi) is 13.3. The third kappa shape index (κ3) is 11.5. The molecule has 0 fully saturated rings. The van der Waals surface area contributed by atoms with E-state index in [0.29, 0.717) is 12.1 Å². The smallest absolute Gasteiger partial charge is 0.326 e. The van der Waals surface area contributed by atoms with Gasteiger partial charge in [0.1, 0.15) is 12.1 Å². The minimum atomic E-state index is -1.13. The first-order valence-corrected chi connectivity index (χ1v) is 11.6. The minimum Gasteiger partial charge on any atom is -0.480 e. The van der Waals surface area contributed by atoms with Crippen LogP contribution in [0.5, 0.6) is 0 Å². The van der Waals surface area contributed by atoms with E-state index in [0.717, 1.165) is 19.3 Å². The van der Waals surface area contributed by atoms with Gasteiger partial charge in [-0.25, -0.2) is 9.78 Å². The number of aliphatic carboxylic acids is 1. The molecule has 1 heterocycles. The number of carbonyl (C=O) groups is 3. The van der Waals surface area contributed by atoms with Crippen LogP contribution in [-0.4, -0.2) is 44.9 Å². The summed E-state index contributed by atoms with van der Waals surface area (Å²) in [5.74, 6) is -1.94. The average molecular weight is 437 g/mol. The molecule has 1 aromatic rings. The zero-order valence-corrected chi connectivity index (χ0v) is 19.3. The predicted octanol–water partition coefficient (Wildman–Crippen LogP) is 3.58. The quantitative estimate of drug-likeness (QED) is 0.278. The molecule has 0 unspecified atom stereocenters. The molecule has 0 bridgehead atoms. The van der Waals surface area contributed by atoms with Crippen molar-refractivity contribution in [3.63, 3.8) is 0 Å². The average Bonchev–Trinajstić information content (AvgIpc) is 3.23. The summed E-state index contributed by atoms with van der Waals surface area (Å²) in [7, 11) is 0. The molecular weight excluding hydrogens is 396 g/mol. The zero-order chi connectivity index (χ0) is 23.1. The molecule has 2 atom stereocenters. The highest BCUT2D eigenvalue weighted by atomic mass is 16.4. The largest absolute Gasteiger partial charge is 0.480 e. The highest BCUT2D eigenvalue weighted by molar-refractivity contribution is 5.90. The maximum Gasteiger partial charge on any atom is 0.326 e. The van der Waals surface area contributed by atoms with E-state index in [2.05, 4.69) is 27.5 Å². The lowest BCUT2D eigenvalue weighted by Crippen LogP contribution is -2.54. The highest BCUT2D eigenvalue weighted by Crippen LogP contribution is 2.11. The first-order valence-electron chi connectivity index (χ1n) is 11.6. The number of aromatic amines is 1. The SMILES string of the molecule is CCCCCCCCCCCC(=O)N[C@H](C(=O)N[C@@H](Cc1cnc[nH]1)C(=O)O)C(C)C. The van der Waals surface area contributed by atoms with Crippen molar-refractivity contribution in [2.45, 2.75) is 103 Å². The Balaban J connectivity index is 2.38. The molecule has 0 spiro atoms. The van der Waals surface area contributed by atoms with E-state index in [9.17, 15) is 19.5 Å². The second kappa shape index (κ2) is 15.4. The molecule has 8 nitrogen and oxygen atoms in total. The number of hydrogen-bond acceptors (Lipinski definition) is 4. The third-order valence-corrected chi connectivity index (χ3v) is 5.37. The van der Waals surface area contributed by atoms with E-state index in [4.69, 9.17) is 0 Å². The predicted molar refractivity (Wildman–Crippen MR) is 120 cm³/mol. The summed E-state index contributed by atoms with van der Waals surface area (Å²) in [6.45, 7) is 5.87. The number of carbonyl (C=O) groups excluding carboxylic acids is 2.